The number of amides is 1. The summed E-state index contributed by atoms with van der Waals surface area (Å²) >= 11 is 0. The summed E-state index contributed by atoms with van der Waals surface area (Å²) in [6, 6.07) is 8.42. The van der Waals surface area contributed by atoms with Crippen molar-refractivity contribution in [2.45, 2.75) is 33.1 Å². The van der Waals surface area contributed by atoms with Gasteiger partial charge in [-0.3, -0.25) is 9.59 Å². The van der Waals surface area contributed by atoms with E-state index in [2.05, 4.69) is 10.3 Å². The number of ether oxygens (including phenoxy) is 1. The largest absolute Gasteiger partial charge is 0.491 e. The number of anilines is 1. The third kappa shape index (κ3) is 4.26. The summed E-state index contributed by atoms with van der Waals surface area (Å²) in [6.07, 6.45) is -3.83. The van der Waals surface area contributed by atoms with E-state index in [0.717, 1.165) is 12.1 Å². The molecule has 0 aliphatic carbocycles. The van der Waals surface area contributed by atoms with E-state index in [1.54, 1.807) is 39.0 Å². The molecule has 3 rings (SSSR count). The predicted octanol–water partition coefficient (Wildman–Crippen LogP) is 4.89. The molecule has 2 N–H and O–H groups in total. The van der Waals surface area contributed by atoms with Gasteiger partial charge < -0.3 is 15.0 Å². The zero-order valence-electron chi connectivity index (χ0n) is 16.0. The lowest BCUT2D eigenvalue weighted by Crippen LogP contribution is -2.24. The first-order valence-corrected chi connectivity index (χ1v) is 8.88. The molecule has 0 bridgehead atoms. The number of rotatable bonds is 4. The Hall–Kier alpha value is -3.29. The van der Waals surface area contributed by atoms with E-state index >= 15 is 0 Å². The van der Waals surface area contributed by atoms with Crippen LogP contribution in [-0.2, 0) is 6.18 Å². The van der Waals surface area contributed by atoms with Gasteiger partial charge in [-0.15, -0.1) is 0 Å². The highest BCUT2D eigenvalue weighted by Crippen LogP contribution is 2.37. The topological polar surface area (TPSA) is 71.2 Å². The van der Waals surface area contributed by atoms with Crippen molar-refractivity contribution in [1.82, 2.24) is 4.98 Å². The highest BCUT2D eigenvalue weighted by molar-refractivity contribution is 6.06. The van der Waals surface area contributed by atoms with Crippen LogP contribution in [0.4, 0.5) is 18.9 Å². The van der Waals surface area contributed by atoms with Gasteiger partial charge in [0.25, 0.3) is 5.91 Å². The van der Waals surface area contributed by atoms with Crippen molar-refractivity contribution in [2.75, 3.05) is 5.32 Å². The molecule has 1 aromatic heterocycles. The van der Waals surface area contributed by atoms with E-state index in [0.29, 0.717) is 16.5 Å². The Morgan fingerprint density at radius 1 is 1.17 bits per heavy atom. The van der Waals surface area contributed by atoms with Crippen LogP contribution in [0, 0.1) is 6.92 Å². The fraction of sp³-hybridized carbons (Fsp3) is 0.238. The van der Waals surface area contributed by atoms with Crippen molar-refractivity contribution >= 4 is 22.5 Å². The number of halogens is 3. The molecule has 1 heterocycles. The number of aromatic nitrogens is 1. The quantitative estimate of drug-likeness (QED) is 0.650. The second-order valence-corrected chi connectivity index (χ2v) is 6.85. The summed E-state index contributed by atoms with van der Waals surface area (Å²) in [5.41, 5.74) is -1.15. The number of pyridine rings is 1. The van der Waals surface area contributed by atoms with Crippen LogP contribution in [0.15, 0.2) is 47.4 Å². The second-order valence-electron chi connectivity index (χ2n) is 6.85. The number of hydrogen-bond donors (Lipinski definition) is 2. The molecule has 5 nitrogen and oxygen atoms in total. The molecule has 0 aliphatic rings. The number of H-pyrrole nitrogens is 1. The van der Waals surface area contributed by atoms with Gasteiger partial charge in [-0.05, 0) is 50.6 Å². The molecule has 0 saturated carbocycles. The van der Waals surface area contributed by atoms with Crippen LogP contribution in [0.25, 0.3) is 10.9 Å². The Morgan fingerprint density at radius 3 is 2.55 bits per heavy atom. The van der Waals surface area contributed by atoms with Crippen LogP contribution < -0.4 is 15.5 Å². The van der Waals surface area contributed by atoms with Crippen LogP contribution in [0.2, 0.25) is 0 Å². The van der Waals surface area contributed by atoms with E-state index in [9.17, 15) is 22.8 Å². The number of aryl methyl sites for hydroxylation is 1. The highest BCUT2D eigenvalue weighted by atomic mass is 19.4. The van der Waals surface area contributed by atoms with Crippen LogP contribution in [0.3, 0.4) is 0 Å². The van der Waals surface area contributed by atoms with E-state index in [1.165, 1.54) is 12.3 Å². The van der Waals surface area contributed by atoms with Gasteiger partial charge in [-0.2, -0.15) is 13.2 Å². The first-order chi connectivity index (χ1) is 13.6. The maximum Gasteiger partial charge on any atom is 0.418 e. The van der Waals surface area contributed by atoms with E-state index in [4.69, 9.17) is 4.74 Å². The molecular formula is C21H19F3N2O3. The Bertz CT molecular complexity index is 1130. The number of carbonyl (C=O) groups is 1. The van der Waals surface area contributed by atoms with Crippen LogP contribution in [0.1, 0.15) is 35.3 Å². The minimum Gasteiger partial charge on any atom is -0.491 e. The zero-order chi connectivity index (χ0) is 21.3. The summed E-state index contributed by atoms with van der Waals surface area (Å²) in [4.78, 5) is 28.2. The fourth-order valence-electron chi connectivity index (χ4n) is 3.01. The van der Waals surface area contributed by atoms with E-state index in [-0.39, 0.29) is 17.4 Å². The third-order valence-corrected chi connectivity index (χ3v) is 4.28. The number of aromatic amines is 1. The lowest BCUT2D eigenvalue weighted by Gasteiger charge is -2.17. The third-order valence-electron chi connectivity index (χ3n) is 4.28. The Morgan fingerprint density at radius 2 is 1.90 bits per heavy atom. The molecule has 29 heavy (non-hydrogen) atoms. The summed E-state index contributed by atoms with van der Waals surface area (Å²) in [6.45, 7) is 5.10. The molecule has 0 aliphatic heterocycles. The average Bonchev–Trinajstić information content (AvgIpc) is 2.62. The molecule has 2 aromatic carbocycles. The zero-order valence-corrected chi connectivity index (χ0v) is 16.0. The lowest BCUT2D eigenvalue weighted by molar-refractivity contribution is -0.137. The molecule has 0 radical (unpaired) electrons. The van der Waals surface area contributed by atoms with Crippen LogP contribution >= 0.6 is 0 Å². The Labute approximate surface area is 164 Å². The van der Waals surface area contributed by atoms with Crippen molar-refractivity contribution < 1.29 is 22.7 Å². The maximum absolute atomic E-state index is 13.5. The van der Waals surface area contributed by atoms with Crippen LogP contribution in [0.5, 0.6) is 5.75 Å². The van der Waals surface area contributed by atoms with Gasteiger partial charge in [0.15, 0.2) is 0 Å². The standard InChI is InChI=1S/C21H19F3N2O3/c1-11(2)29-13-7-8-16(15(9-13)21(22,23)24)26-20(28)14-10-25-17-6-4-5-12(3)18(17)19(14)27/h4-11H,1-3H3,(H,25,27)(H,26,28). The molecule has 1 amide bonds. The number of fused-ring (bicyclic) bond motifs is 1. The lowest BCUT2D eigenvalue weighted by atomic mass is 10.1. The molecule has 0 atom stereocenters. The van der Waals surface area contributed by atoms with Crippen molar-refractivity contribution in [3.63, 3.8) is 0 Å². The van der Waals surface area contributed by atoms with Crippen molar-refractivity contribution in [3.8, 4) is 5.75 Å². The minimum atomic E-state index is -4.72. The first-order valence-electron chi connectivity index (χ1n) is 8.88. The molecule has 8 heteroatoms. The molecule has 0 fully saturated rings. The number of hydrogen-bond acceptors (Lipinski definition) is 3. The molecule has 0 spiro atoms. The van der Waals surface area contributed by atoms with Gasteiger partial charge >= 0.3 is 6.18 Å². The maximum atomic E-state index is 13.5. The van der Waals surface area contributed by atoms with Gasteiger partial charge in [0, 0.05) is 17.1 Å². The highest BCUT2D eigenvalue weighted by Gasteiger charge is 2.35. The van der Waals surface area contributed by atoms with Crippen molar-refractivity contribution in [2.24, 2.45) is 0 Å². The average molecular weight is 404 g/mol. The molecule has 152 valence electrons. The van der Waals surface area contributed by atoms with Gasteiger partial charge in [0.1, 0.15) is 11.3 Å². The molecule has 3 aromatic rings. The van der Waals surface area contributed by atoms with Gasteiger partial charge in [-0.1, -0.05) is 12.1 Å². The van der Waals surface area contributed by atoms with E-state index in [1.807, 2.05) is 0 Å². The molecule has 0 unspecified atom stereocenters. The number of nitrogens with one attached hydrogen (secondary N) is 2. The van der Waals surface area contributed by atoms with Gasteiger partial charge in [0.2, 0.25) is 5.43 Å². The fourth-order valence-corrected chi connectivity index (χ4v) is 3.01. The minimum absolute atomic E-state index is 0.0319. The number of carbonyl (C=O) groups excluding carboxylic acids is 1. The Balaban J connectivity index is 2.01. The summed E-state index contributed by atoms with van der Waals surface area (Å²) in [7, 11) is 0. The first kappa shape index (κ1) is 20.4. The summed E-state index contributed by atoms with van der Waals surface area (Å²) in [5, 5.41) is 2.52. The smallest absolute Gasteiger partial charge is 0.418 e. The van der Waals surface area contributed by atoms with Crippen molar-refractivity contribution in [3.05, 3.63) is 69.5 Å². The molecule has 0 saturated heterocycles. The predicted molar refractivity (Wildman–Crippen MR) is 104 cm³/mol. The summed E-state index contributed by atoms with van der Waals surface area (Å²) in [5.74, 6) is -0.899. The summed E-state index contributed by atoms with van der Waals surface area (Å²) < 4.78 is 45.8. The van der Waals surface area contributed by atoms with Crippen molar-refractivity contribution in [1.29, 1.82) is 0 Å². The number of benzene rings is 2. The Kier molecular flexibility index (Phi) is 5.37. The normalized spacial score (nSPS) is 11.7. The van der Waals surface area contributed by atoms with Gasteiger partial charge in [-0.25, -0.2) is 0 Å². The SMILES string of the molecule is Cc1cccc2[nH]cc(C(=O)Nc3ccc(OC(C)C)cc3C(F)(F)F)c(=O)c12. The van der Waals surface area contributed by atoms with Gasteiger partial charge in [0.05, 0.1) is 17.4 Å². The molecular weight excluding hydrogens is 385 g/mol. The second kappa shape index (κ2) is 7.62. The van der Waals surface area contributed by atoms with Crippen LogP contribution in [-0.4, -0.2) is 17.0 Å². The number of alkyl halides is 3. The van der Waals surface area contributed by atoms with E-state index < -0.39 is 28.8 Å². The monoisotopic (exact) mass is 404 g/mol.